The minimum atomic E-state index is 0.139. The topological polar surface area (TPSA) is 26.3 Å². The van der Waals surface area contributed by atoms with Crippen LogP contribution in [0.1, 0.15) is 124 Å². The van der Waals surface area contributed by atoms with Crippen LogP contribution in [0.3, 0.4) is 0 Å². The third-order valence-electron chi connectivity index (χ3n) is 8.92. The van der Waals surface area contributed by atoms with Gasteiger partial charge in [0.15, 0.2) is 0 Å². The van der Waals surface area contributed by atoms with Crippen LogP contribution in [0.15, 0.2) is 0 Å². The fourth-order valence-electron chi connectivity index (χ4n) is 6.87. The summed E-state index contributed by atoms with van der Waals surface area (Å²) >= 11 is 0. The highest BCUT2D eigenvalue weighted by molar-refractivity contribution is 5.72. The lowest BCUT2D eigenvalue weighted by Gasteiger charge is -2.41. The van der Waals surface area contributed by atoms with E-state index < -0.39 is 0 Å². The zero-order chi connectivity index (χ0) is 20.6. The van der Waals surface area contributed by atoms with Gasteiger partial charge in [0.1, 0.15) is 6.10 Å². The van der Waals surface area contributed by atoms with Gasteiger partial charge in [-0.3, -0.25) is 4.79 Å². The van der Waals surface area contributed by atoms with Crippen molar-refractivity contribution >= 4 is 5.97 Å². The lowest BCUT2D eigenvalue weighted by atomic mass is 9.64. The highest BCUT2D eigenvalue weighted by Crippen LogP contribution is 2.45. The number of carbonyl (C=O) groups excluding carboxylic acids is 1. The predicted octanol–water partition coefficient (Wildman–Crippen LogP) is 7.94. The van der Waals surface area contributed by atoms with Crippen molar-refractivity contribution in [1.82, 2.24) is 0 Å². The summed E-state index contributed by atoms with van der Waals surface area (Å²) in [6, 6.07) is 0. The van der Waals surface area contributed by atoms with Gasteiger partial charge in [-0.1, -0.05) is 59.3 Å². The van der Waals surface area contributed by atoms with Crippen LogP contribution in [-0.2, 0) is 9.53 Å². The summed E-state index contributed by atoms with van der Waals surface area (Å²) in [6.07, 6.45) is 20.8. The molecule has 3 atom stereocenters. The second-order valence-electron chi connectivity index (χ2n) is 10.9. The van der Waals surface area contributed by atoms with E-state index in [0.717, 1.165) is 55.3 Å². The smallest absolute Gasteiger partial charge is 0.309 e. The van der Waals surface area contributed by atoms with Crippen LogP contribution in [0, 0.1) is 35.5 Å². The third kappa shape index (κ3) is 6.73. The number of rotatable bonds is 8. The summed E-state index contributed by atoms with van der Waals surface area (Å²) in [7, 11) is 0. The Hall–Kier alpha value is -0.530. The Morgan fingerprint density at radius 2 is 1.52 bits per heavy atom. The molecule has 168 valence electrons. The lowest BCUT2D eigenvalue weighted by molar-refractivity contribution is -0.157. The molecular weight excluding hydrogens is 356 g/mol. The molecule has 0 saturated heterocycles. The Morgan fingerprint density at radius 1 is 0.828 bits per heavy atom. The van der Waals surface area contributed by atoms with Crippen molar-refractivity contribution in [3.05, 3.63) is 0 Å². The number of ether oxygens (including phenoxy) is 1. The van der Waals surface area contributed by atoms with E-state index in [9.17, 15) is 4.79 Å². The highest BCUT2D eigenvalue weighted by Gasteiger charge is 2.37. The first kappa shape index (κ1) is 23.1. The van der Waals surface area contributed by atoms with Gasteiger partial charge < -0.3 is 4.74 Å². The van der Waals surface area contributed by atoms with E-state index in [1.165, 1.54) is 77.0 Å². The van der Waals surface area contributed by atoms with Crippen LogP contribution in [0.25, 0.3) is 0 Å². The van der Waals surface area contributed by atoms with Gasteiger partial charge in [-0.25, -0.2) is 0 Å². The van der Waals surface area contributed by atoms with Gasteiger partial charge in [-0.05, 0) is 93.8 Å². The quantitative estimate of drug-likeness (QED) is 0.303. The van der Waals surface area contributed by atoms with Gasteiger partial charge in [-0.15, -0.1) is 0 Å². The Labute approximate surface area is 180 Å². The minimum absolute atomic E-state index is 0.139. The maximum atomic E-state index is 12.8. The Kier molecular flexibility index (Phi) is 9.38. The van der Waals surface area contributed by atoms with E-state index in [1.54, 1.807) is 0 Å². The van der Waals surface area contributed by atoms with Crippen LogP contribution in [0.5, 0.6) is 0 Å². The fraction of sp³-hybridized carbons (Fsp3) is 0.963. The standard InChI is InChI=1S/C27H48O2/c1-4-6-7-8-22-9-16-25(17-10-22)29-27(28)24-14-12-23(13-15-24)26-18-11-21(5-2)19-20(26)3/h20-26H,4-19H2,1-3H3/t20-,21+,22?,23-,24-,25?,26-/m1/s1. The van der Waals surface area contributed by atoms with Crippen molar-refractivity contribution in [1.29, 1.82) is 0 Å². The van der Waals surface area contributed by atoms with E-state index in [2.05, 4.69) is 20.8 Å². The molecule has 0 amide bonds. The summed E-state index contributed by atoms with van der Waals surface area (Å²) in [5.74, 6) is 4.85. The van der Waals surface area contributed by atoms with E-state index in [4.69, 9.17) is 4.74 Å². The highest BCUT2D eigenvalue weighted by atomic mass is 16.5. The lowest BCUT2D eigenvalue weighted by Crippen LogP contribution is -2.34. The number of unbranched alkanes of at least 4 members (excludes halogenated alkanes) is 2. The van der Waals surface area contributed by atoms with Crippen LogP contribution in [0.2, 0.25) is 0 Å². The average Bonchev–Trinajstić information content (AvgIpc) is 2.75. The van der Waals surface area contributed by atoms with Crippen molar-refractivity contribution in [2.75, 3.05) is 0 Å². The summed E-state index contributed by atoms with van der Waals surface area (Å²) in [5, 5.41) is 0. The number of hydrogen-bond donors (Lipinski definition) is 0. The van der Waals surface area contributed by atoms with Crippen LogP contribution < -0.4 is 0 Å². The molecule has 0 unspecified atom stereocenters. The Balaban J connectivity index is 1.34. The molecular formula is C27H48O2. The van der Waals surface area contributed by atoms with E-state index >= 15 is 0 Å². The molecule has 0 aliphatic heterocycles. The zero-order valence-electron chi connectivity index (χ0n) is 19.7. The largest absolute Gasteiger partial charge is 0.462 e. The molecule has 0 spiro atoms. The van der Waals surface area contributed by atoms with Gasteiger partial charge in [0, 0.05) is 0 Å². The molecule has 29 heavy (non-hydrogen) atoms. The summed E-state index contributed by atoms with van der Waals surface area (Å²) in [4.78, 5) is 12.8. The molecule has 0 N–H and O–H groups in total. The van der Waals surface area contributed by atoms with Gasteiger partial charge >= 0.3 is 5.97 Å². The van der Waals surface area contributed by atoms with Crippen molar-refractivity contribution in [3.63, 3.8) is 0 Å². The second-order valence-corrected chi connectivity index (χ2v) is 10.9. The first-order valence-electron chi connectivity index (χ1n) is 13.3. The summed E-state index contributed by atoms with van der Waals surface area (Å²) < 4.78 is 6.00. The Bertz CT molecular complexity index is 471. The van der Waals surface area contributed by atoms with Crippen LogP contribution in [-0.4, -0.2) is 12.1 Å². The summed E-state index contributed by atoms with van der Waals surface area (Å²) in [5.41, 5.74) is 0. The monoisotopic (exact) mass is 404 g/mol. The molecule has 0 heterocycles. The molecule has 3 aliphatic carbocycles. The summed E-state index contributed by atoms with van der Waals surface area (Å²) in [6.45, 7) is 7.13. The molecule has 2 heteroatoms. The molecule has 3 saturated carbocycles. The van der Waals surface area contributed by atoms with Gasteiger partial charge in [-0.2, -0.15) is 0 Å². The predicted molar refractivity (Wildman–Crippen MR) is 122 cm³/mol. The molecule has 0 bridgehead atoms. The normalized spacial score (nSPS) is 38.5. The van der Waals surface area contributed by atoms with Crippen LogP contribution >= 0.6 is 0 Å². The SMILES string of the molecule is CCCCCC1CCC(OC(=O)[C@H]2CC[C@H]([C@@H]3CC[C@H](CC)C[C@H]3C)CC2)CC1. The molecule has 0 aromatic carbocycles. The third-order valence-corrected chi connectivity index (χ3v) is 8.92. The zero-order valence-corrected chi connectivity index (χ0v) is 19.7. The van der Waals surface area contributed by atoms with Crippen molar-refractivity contribution in [2.24, 2.45) is 35.5 Å². The van der Waals surface area contributed by atoms with Crippen LogP contribution in [0.4, 0.5) is 0 Å². The number of esters is 1. The second kappa shape index (κ2) is 11.8. The first-order valence-corrected chi connectivity index (χ1v) is 13.3. The van der Waals surface area contributed by atoms with Crippen molar-refractivity contribution in [3.8, 4) is 0 Å². The Morgan fingerprint density at radius 3 is 2.14 bits per heavy atom. The maximum absolute atomic E-state index is 12.8. The van der Waals surface area contributed by atoms with E-state index in [0.29, 0.717) is 0 Å². The van der Waals surface area contributed by atoms with Gasteiger partial charge in [0.25, 0.3) is 0 Å². The maximum Gasteiger partial charge on any atom is 0.309 e. The van der Waals surface area contributed by atoms with Gasteiger partial charge in [0.2, 0.25) is 0 Å². The average molecular weight is 405 g/mol. The number of carbonyl (C=O) groups is 1. The van der Waals surface area contributed by atoms with E-state index in [1.807, 2.05) is 0 Å². The minimum Gasteiger partial charge on any atom is -0.462 e. The molecule has 0 aromatic rings. The van der Waals surface area contributed by atoms with Crippen molar-refractivity contribution < 1.29 is 9.53 Å². The molecule has 2 nitrogen and oxygen atoms in total. The molecule has 0 radical (unpaired) electrons. The molecule has 3 aliphatic rings. The fourth-order valence-corrected chi connectivity index (χ4v) is 6.87. The molecule has 0 aromatic heterocycles. The van der Waals surface area contributed by atoms with Crippen molar-refractivity contribution in [2.45, 2.75) is 130 Å². The molecule has 3 rings (SSSR count). The van der Waals surface area contributed by atoms with E-state index in [-0.39, 0.29) is 18.0 Å². The molecule has 3 fully saturated rings. The number of hydrogen-bond acceptors (Lipinski definition) is 2. The first-order chi connectivity index (χ1) is 14.1. The van der Waals surface area contributed by atoms with Gasteiger partial charge in [0.05, 0.1) is 5.92 Å².